The summed E-state index contributed by atoms with van der Waals surface area (Å²) in [5.74, 6) is -0.114. The highest BCUT2D eigenvalue weighted by molar-refractivity contribution is 8.00. The lowest BCUT2D eigenvalue weighted by atomic mass is 10.1. The molecule has 2 N–H and O–H groups in total. The lowest BCUT2D eigenvalue weighted by Gasteiger charge is -2.14. The van der Waals surface area contributed by atoms with Gasteiger partial charge in [-0.05, 0) is 30.5 Å². The van der Waals surface area contributed by atoms with Crippen molar-refractivity contribution >= 4 is 23.4 Å². The summed E-state index contributed by atoms with van der Waals surface area (Å²) in [4.78, 5) is 31.2. The van der Waals surface area contributed by atoms with E-state index in [0.717, 1.165) is 12.1 Å². The molecule has 2 rings (SSSR count). The van der Waals surface area contributed by atoms with Crippen LogP contribution >= 0.6 is 11.8 Å². The molecule has 1 amide bonds. The first-order chi connectivity index (χ1) is 12.0. The number of H-pyrrole nitrogens is 1. The zero-order valence-electron chi connectivity index (χ0n) is 14.7. The van der Waals surface area contributed by atoms with Crippen molar-refractivity contribution in [3.63, 3.8) is 0 Å². The van der Waals surface area contributed by atoms with E-state index in [4.69, 9.17) is 4.74 Å². The van der Waals surface area contributed by atoms with Gasteiger partial charge in [-0.2, -0.15) is 0 Å². The van der Waals surface area contributed by atoms with E-state index >= 15 is 0 Å². The number of carbonyl (C=O) groups is 1. The molecule has 0 aliphatic carbocycles. The maximum atomic E-state index is 12.5. The molecule has 0 fully saturated rings. The van der Waals surface area contributed by atoms with Crippen LogP contribution in [0.2, 0.25) is 0 Å². The van der Waals surface area contributed by atoms with Gasteiger partial charge >= 0.3 is 0 Å². The number of ether oxygens (including phenoxy) is 1. The molecule has 0 saturated carbocycles. The number of aromatic nitrogens is 2. The first-order valence-corrected chi connectivity index (χ1v) is 9.09. The first-order valence-electron chi connectivity index (χ1n) is 8.21. The maximum absolute atomic E-state index is 12.5. The number of aryl methyl sites for hydroxylation is 1. The summed E-state index contributed by atoms with van der Waals surface area (Å²) in [6.45, 7) is 4.27. The summed E-state index contributed by atoms with van der Waals surface area (Å²) in [6.07, 6.45) is 1.57. The van der Waals surface area contributed by atoms with Crippen LogP contribution in [0.15, 0.2) is 40.3 Å². The molecule has 6 nitrogen and oxygen atoms in total. The van der Waals surface area contributed by atoms with E-state index in [0.29, 0.717) is 17.3 Å². The van der Waals surface area contributed by atoms with E-state index in [-0.39, 0.29) is 23.3 Å². The second-order valence-corrected chi connectivity index (χ2v) is 6.72. The number of hydrogen-bond donors (Lipinski definition) is 2. The smallest absolute Gasteiger partial charge is 0.251 e. The van der Waals surface area contributed by atoms with Crippen LogP contribution in [0.25, 0.3) is 0 Å². The molecule has 0 saturated heterocycles. The van der Waals surface area contributed by atoms with Crippen molar-refractivity contribution < 1.29 is 9.53 Å². The van der Waals surface area contributed by atoms with Gasteiger partial charge in [0.05, 0.1) is 17.6 Å². The number of rotatable bonds is 8. The highest BCUT2D eigenvalue weighted by Crippen LogP contribution is 2.23. The van der Waals surface area contributed by atoms with E-state index in [2.05, 4.69) is 22.2 Å². The largest absolute Gasteiger partial charge is 0.378 e. The van der Waals surface area contributed by atoms with Crippen LogP contribution in [0, 0.1) is 0 Å². The predicted octanol–water partition coefficient (Wildman–Crippen LogP) is 2.99. The third-order valence-electron chi connectivity index (χ3n) is 3.61. The Morgan fingerprint density at radius 1 is 1.32 bits per heavy atom. The van der Waals surface area contributed by atoms with Crippen molar-refractivity contribution in [3.05, 3.63) is 51.9 Å². The molecule has 0 aliphatic rings. The van der Waals surface area contributed by atoms with E-state index < -0.39 is 0 Å². The minimum atomic E-state index is -0.355. The molecule has 0 bridgehead atoms. The number of methoxy groups -OCH3 is 1. The van der Waals surface area contributed by atoms with E-state index in [9.17, 15) is 9.59 Å². The molecule has 7 heteroatoms. The average molecular weight is 361 g/mol. The molecule has 25 heavy (non-hydrogen) atoms. The Kier molecular flexibility index (Phi) is 7.21. The Balaban J connectivity index is 2.07. The van der Waals surface area contributed by atoms with Crippen molar-refractivity contribution in [3.8, 4) is 0 Å². The number of thioether (sulfide) groups is 1. The van der Waals surface area contributed by atoms with Gasteiger partial charge in [0.2, 0.25) is 5.91 Å². The van der Waals surface area contributed by atoms with Crippen molar-refractivity contribution in [1.29, 1.82) is 0 Å². The second kappa shape index (κ2) is 9.39. The number of aromatic amines is 1. The maximum Gasteiger partial charge on any atom is 0.251 e. The summed E-state index contributed by atoms with van der Waals surface area (Å²) in [7, 11) is 1.54. The Morgan fingerprint density at radius 3 is 2.64 bits per heavy atom. The number of carbonyl (C=O) groups excluding carboxylic acids is 1. The number of nitrogens with one attached hydrogen (secondary N) is 2. The molecule has 1 aromatic carbocycles. The number of benzene rings is 1. The topological polar surface area (TPSA) is 84.1 Å². The quantitative estimate of drug-likeness (QED) is 0.558. The molecular weight excluding hydrogens is 338 g/mol. The summed E-state index contributed by atoms with van der Waals surface area (Å²) >= 11 is 1.24. The zero-order chi connectivity index (χ0) is 18.2. The van der Waals surface area contributed by atoms with Crippen molar-refractivity contribution in [1.82, 2.24) is 9.97 Å². The normalized spacial score (nSPS) is 12.0. The van der Waals surface area contributed by atoms with Crippen molar-refractivity contribution in [2.24, 2.45) is 0 Å². The summed E-state index contributed by atoms with van der Waals surface area (Å²) in [5.41, 5.74) is 2.26. The molecule has 0 radical (unpaired) electrons. The average Bonchev–Trinajstić information content (AvgIpc) is 2.60. The third kappa shape index (κ3) is 5.72. The van der Waals surface area contributed by atoms with Crippen LogP contribution in [0.1, 0.15) is 31.5 Å². The van der Waals surface area contributed by atoms with E-state index in [1.807, 2.05) is 31.2 Å². The van der Waals surface area contributed by atoms with Crippen LogP contribution in [-0.4, -0.2) is 28.2 Å². The predicted molar refractivity (Wildman–Crippen MR) is 100.0 cm³/mol. The standard InChI is InChI=1S/C18H23N3O3S/c1-4-12-6-8-13(9-7-12)19-17(23)15(5-2)25-18-20-14(11-24-3)10-16(22)21-18/h6-10,15H,4-5,11H2,1-3H3,(H,19,23)(H,20,21,22). The second-order valence-electron chi connectivity index (χ2n) is 5.53. The number of amides is 1. The zero-order valence-corrected chi connectivity index (χ0v) is 15.5. The number of anilines is 1. The van der Waals surface area contributed by atoms with Gasteiger partial charge in [0.15, 0.2) is 5.16 Å². The molecule has 134 valence electrons. The van der Waals surface area contributed by atoms with Crippen molar-refractivity contribution in [2.75, 3.05) is 12.4 Å². The van der Waals surface area contributed by atoms with Crippen LogP contribution in [0.5, 0.6) is 0 Å². The molecule has 1 heterocycles. The van der Waals surface area contributed by atoms with Gasteiger partial charge in [0.1, 0.15) is 0 Å². The van der Waals surface area contributed by atoms with E-state index in [1.165, 1.54) is 23.4 Å². The number of nitrogens with zero attached hydrogens (tertiary/aromatic N) is 1. The van der Waals surface area contributed by atoms with Gasteiger partial charge in [-0.15, -0.1) is 0 Å². The Bertz CT molecular complexity index is 759. The molecule has 1 atom stereocenters. The highest BCUT2D eigenvalue weighted by atomic mass is 32.2. The summed E-state index contributed by atoms with van der Waals surface area (Å²) < 4.78 is 5.01. The van der Waals surface area contributed by atoms with Gasteiger partial charge in [-0.25, -0.2) is 4.98 Å². The molecule has 0 spiro atoms. The lowest BCUT2D eigenvalue weighted by molar-refractivity contribution is -0.115. The minimum absolute atomic E-state index is 0.114. The van der Waals surface area contributed by atoms with Crippen LogP contribution in [0.3, 0.4) is 0 Å². The van der Waals surface area contributed by atoms with Gasteiger partial charge in [0.25, 0.3) is 5.56 Å². The summed E-state index contributed by atoms with van der Waals surface area (Å²) in [5, 5.41) is 2.98. The third-order valence-corrected chi connectivity index (χ3v) is 4.86. The van der Waals surface area contributed by atoms with E-state index in [1.54, 1.807) is 7.11 Å². The van der Waals surface area contributed by atoms with Gasteiger partial charge in [-0.1, -0.05) is 37.7 Å². The Morgan fingerprint density at radius 2 is 2.04 bits per heavy atom. The first kappa shape index (κ1) is 19.2. The molecular formula is C18H23N3O3S. The minimum Gasteiger partial charge on any atom is -0.378 e. The monoisotopic (exact) mass is 361 g/mol. The van der Waals surface area contributed by atoms with Gasteiger partial charge in [-0.3, -0.25) is 9.59 Å². The number of hydrogen-bond acceptors (Lipinski definition) is 5. The Labute approximate surface area is 151 Å². The fourth-order valence-corrected chi connectivity index (χ4v) is 3.20. The van der Waals surface area contributed by atoms with Crippen LogP contribution in [0.4, 0.5) is 5.69 Å². The molecule has 0 aliphatic heterocycles. The molecule has 1 unspecified atom stereocenters. The van der Waals surface area contributed by atoms with Gasteiger partial charge < -0.3 is 15.0 Å². The van der Waals surface area contributed by atoms with Crippen LogP contribution in [-0.2, 0) is 22.6 Å². The van der Waals surface area contributed by atoms with Crippen molar-refractivity contribution in [2.45, 2.75) is 43.7 Å². The summed E-state index contributed by atoms with van der Waals surface area (Å²) in [6, 6.07) is 9.18. The van der Waals surface area contributed by atoms with Crippen LogP contribution < -0.4 is 10.9 Å². The fourth-order valence-electron chi connectivity index (χ4n) is 2.26. The fraction of sp³-hybridized carbons (Fsp3) is 0.389. The lowest BCUT2D eigenvalue weighted by Crippen LogP contribution is -2.25. The Hall–Kier alpha value is -2.12. The molecule has 2 aromatic rings. The van der Waals surface area contributed by atoms with Gasteiger partial charge in [0, 0.05) is 18.9 Å². The SMILES string of the molecule is CCc1ccc(NC(=O)C(CC)Sc2nc(COC)cc(=O)[nH]2)cc1. The molecule has 1 aromatic heterocycles. The highest BCUT2D eigenvalue weighted by Gasteiger charge is 2.19.